The number of ether oxygens (including phenoxy) is 3. The zero-order valence-electron chi connectivity index (χ0n) is 16.9. The van der Waals surface area contributed by atoms with Crippen LogP contribution in [0.5, 0.6) is 0 Å². The van der Waals surface area contributed by atoms with E-state index < -0.39 is 35.3 Å². The van der Waals surface area contributed by atoms with E-state index >= 15 is 0 Å². The molecule has 1 aromatic carbocycles. The molecular formula is C20H23N3O5. The standard InChI is InChI=1S/C20H23N3O5/c1-19(2)20(3)15(26-4)14(27-19)17(28-20)23-11-10-13(22-18(23)25)21-16(24)12-8-6-5-7-9-12/h5-11,14-15,17H,1-4H3,(H,21,22,24,25)/t14-,15+,17-,20-/m1/s1/i3D. The molecule has 8 heteroatoms. The number of rotatable bonds is 4. The van der Waals surface area contributed by atoms with Gasteiger partial charge in [-0.05, 0) is 38.9 Å². The van der Waals surface area contributed by atoms with E-state index in [0.717, 1.165) is 0 Å². The summed E-state index contributed by atoms with van der Waals surface area (Å²) in [5.74, 6) is -0.216. The summed E-state index contributed by atoms with van der Waals surface area (Å²) in [6.07, 6.45) is -0.298. The second-order valence-electron chi connectivity index (χ2n) is 7.47. The molecule has 0 saturated carbocycles. The molecule has 4 atom stereocenters. The third-order valence-electron chi connectivity index (χ3n) is 5.46. The molecule has 3 heterocycles. The van der Waals surface area contributed by atoms with Crippen molar-refractivity contribution < 1.29 is 20.4 Å². The maximum Gasteiger partial charge on any atom is 0.351 e. The molecule has 2 aliphatic heterocycles. The van der Waals surface area contributed by atoms with Gasteiger partial charge in [0, 0.05) is 20.2 Å². The van der Waals surface area contributed by atoms with Crippen LogP contribution in [0.25, 0.3) is 0 Å². The van der Waals surface area contributed by atoms with Gasteiger partial charge < -0.3 is 19.5 Å². The zero-order valence-corrected chi connectivity index (χ0v) is 15.9. The number of carbonyl (C=O) groups excluding carboxylic acids is 1. The Balaban J connectivity index is 1.58. The minimum atomic E-state index is -0.989. The minimum Gasteiger partial charge on any atom is -0.375 e. The molecule has 2 aromatic rings. The van der Waals surface area contributed by atoms with Crippen LogP contribution in [0.3, 0.4) is 0 Å². The molecule has 0 aliphatic carbocycles. The second kappa shape index (κ2) is 6.51. The van der Waals surface area contributed by atoms with Crippen molar-refractivity contribution in [1.82, 2.24) is 9.55 Å². The van der Waals surface area contributed by atoms with Gasteiger partial charge in [-0.2, -0.15) is 4.98 Å². The molecule has 8 nitrogen and oxygen atoms in total. The largest absolute Gasteiger partial charge is 0.375 e. The van der Waals surface area contributed by atoms with Crippen molar-refractivity contribution >= 4 is 11.7 Å². The first kappa shape index (κ1) is 17.5. The molecule has 1 N–H and O–H groups in total. The summed E-state index contributed by atoms with van der Waals surface area (Å²) in [6.45, 7) is 3.64. The monoisotopic (exact) mass is 386 g/mol. The first-order chi connectivity index (χ1) is 13.8. The molecule has 2 bridgehead atoms. The first-order valence-electron chi connectivity index (χ1n) is 9.67. The highest BCUT2D eigenvalue weighted by molar-refractivity contribution is 6.03. The number of carbonyl (C=O) groups is 1. The van der Waals surface area contributed by atoms with Gasteiger partial charge in [-0.25, -0.2) is 4.79 Å². The van der Waals surface area contributed by atoms with E-state index in [1.807, 2.05) is 19.9 Å². The Labute approximate surface area is 163 Å². The highest BCUT2D eigenvalue weighted by Gasteiger charge is 2.69. The molecule has 0 spiro atoms. The van der Waals surface area contributed by atoms with Gasteiger partial charge >= 0.3 is 5.69 Å². The first-order valence-corrected chi connectivity index (χ1v) is 8.96. The van der Waals surface area contributed by atoms with Crippen LogP contribution in [-0.4, -0.2) is 46.0 Å². The van der Waals surface area contributed by atoms with Gasteiger partial charge in [0.1, 0.15) is 23.6 Å². The predicted octanol–water partition coefficient (Wildman–Crippen LogP) is 1.98. The number of fused-ring (bicyclic) bond motifs is 2. The smallest absolute Gasteiger partial charge is 0.351 e. The fourth-order valence-electron chi connectivity index (χ4n) is 3.80. The van der Waals surface area contributed by atoms with Crippen molar-refractivity contribution in [2.45, 2.75) is 50.4 Å². The van der Waals surface area contributed by atoms with E-state index in [4.69, 9.17) is 15.6 Å². The van der Waals surface area contributed by atoms with Crippen LogP contribution in [0.2, 0.25) is 0 Å². The van der Waals surface area contributed by atoms with Gasteiger partial charge in [-0.15, -0.1) is 0 Å². The van der Waals surface area contributed by atoms with E-state index in [1.54, 1.807) is 31.4 Å². The molecule has 148 valence electrons. The van der Waals surface area contributed by atoms with E-state index in [-0.39, 0.29) is 18.6 Å². The lowest BCUT2D eigenvalue weighted by Crippen LogP contribution is -2.52. The molecule has 2 fully saturated rings. The Morgan fingerprint density at radius 1 is 1.29 bits per heavy atom. The lowest BCUT2D eigenvalue weighted by Gasteiger charge is -2.41. The number of nitrogens with one attached hydrogen (secondary N) is 1. The van der Waals surface area contributed by atoms with E-state index in [0.29, 0.717) is 5.56 Å². The maximum absolute atomic E-state index is 12.6. The summed E-state index contributed by atoms with van der Waals surface area (Å²) in [5.41, 5.74) is -1.84. The fraction of sp³-hybridized carbons (Fsp3) is 0.450. The number of hydrogen-bond donors (Lipinski definition) is 1. The van der Waals surface area contributed by atoms with Crippen molar-refractivity contribution in [3.8, 4) is 0 Å². The average molecular weight is 386 g/mol. The molecule has 4 rings (SSSR count). The number of amides is 1. The topological polar surface area (TPSA) is 91.7 Å². The van der Waals surface area contributed by atoms with E-state index in [9.17, 15) is 9.59 Å². The normalized spacial score (nSPS) is 30.8. The van der Waals surface area contributed by atoms with Crippen molar-refractivity contribution in [1.29, 1.82) is 0 Å². The Morgan fingerprint density at radius 3 is 2.64 bits per heavy atom. The summed E-state index contributed by atoms with van der Waals surface area (Å²) < 4.78 is 27.2. The zero-order chi connectivity index (χ0) is 20.8. The van der Waals surface area contributed by atoms with Crippen molar-refractivity contribution in [2.75, 3.05) is 12.4 Å². The Kier molecular flexibility index (Phi) is 4.08. The number of nitrogens with zero attached hydrogens (tertiary/aromatic N) is 2. The molecule has 0 radical (unpaired) electrons. The minimum absolute atomic E-state index is 0.0705. The summed E-state index contributed by atoms with van der Waals surface area (Å²) in [6, 6.07) is 10.2. The molecule has 2 aliphatic rings. The van der Waals surface area contributed by atoms with Crippen LogP contribution in [0.15, 0.2) is 47.4 Å². The Hall–Kier alpha value is -2.55. The third kappa shape index (κ3) is 2.76. The quantitative estimate of drug-likeness (QED) is 0.864. The maximum atomic E-state index is 12.6. The van der Waals surface area contributed by atoms with Gasteiger partial charge in [-0.3, -0.25) is 9.36 Å². The number of methoxy groups -OCH3 is 1. The van der Waals surface area contributed by atoms with Gasteiger partial charge in [0.2, 0.25) is 0 Å². The van der Waals surface area contributed by atoms with Gasteiger partial charge in [0.25, 0.3) is 5.91 Å². The number of benzene rings is 1. The van der Waals surface area contributed by atoms with Gasteiger partial charge in [0.05, 0.1) is 5.60 Å². The fourth-order valence-corrected chi connectivity index (χ4v) is 3.80. The number of aromatic nitrogens is 2. The molecule has 0 unspecified atom stereocenters. The summed E-state index contributed by atoms with van der Waals surface area (Å²) in [5, 5.41) is 2.61. The molecule has 2 saturated heterocycles. The summed E-state index contributed by atoms with van der Waals surface area (Å²) >= 11 is 0. The van der Waals surface area contributed by atoms with Crippen molar-refractivity contribution in [3.05, 3.63) is 58.6 Å². The van der Waals surface area contributed by atoms with Gasteiger partial charge in [-0.1, -0.05) is 18.2 Å². The lowest BCUT2D eigenvalue weighted by atomic mass is 9.85. The Bertz CT molecular complexity index is 980. The van der Waals surface area contributed by atoms with Crippen LogP contribution in [-0.2, 0) is 14.2 Å². The van der Waals surface area contributed by atoms with Gasteiger partial charge in [0.15, 0.2) is 6.23 Å². The van der Waals surface area contributed by atoms with Crippen LogP contribution in [0.1, 0.15) is 38.7 Å². The number of anilines is 1. The van der Waals surface area contributed by atoms with E-state index in [2.05, 4.69) is 10.3 Å². The SMILES string of the molecule is [2H]C[C@]12O[C@@H](n3ccc(NC(=O)c4ccccc4)nc3=O)[C@H](OC1(C)C)[C@@H]2OC. The highest BCUT2D eigenvalue weighted by atomic mass is 16.7. The molecular weight excluding hydrogens is 362 g/mol. The lowest BCUT2D eigenvalue weighted by molar-refractivity contribution is -0.242. The van der Waals surface area contributed by atoms with Crippen molar-refractivity contribution in [3.63, 3.8) is 0 Å². The predicted molar refractivity (Wildman–Crippen MR) is 101 cm³/mol. The van der Waals surface area contributed by atoms with E-state index in [1.165, 1.54) is 16.8 Å². The Morgan fingerprint density at radius 2 is 2.04 bits per heavy atom. The van der Waals surface area contributed by atoms with Crippen LogP contribution in [0.4, 0.5) is 5.82 Å². The molecule has 1 aromatic heterocycles. The average Bonchev–Trinajstić information content (AvgIpc) is 3.13. The molecule has 1 amide bonds. The second-order valence-corrected chi connectivity index (χ2v) is 7.47. The van der Waals surface area contributed by atoms with Crippen LogP contribution in [0, 0.1) is 0 Å². The molecule has 28 heavy (non-hydrogen) atoms. The third-order valence-corrected chi connectivity index (χ3v) is 5.46. The van der Waals surface area contributed by atoms with Crippen LogP contribution >= 0.6 is 0 Å². The highest BCUT2D eigenvalue weighted by Crippen LogP contribution is 2.54. The number of hydrogen-bond acceptors (Lipinski definition) is 6. The summed E-state index contributed by atoms with van der Waals surface area (Å²) in [7, 11) is 1.54. The van der Waals surface area contributed by atoms with Crippen LogP contribution < -0.4 is 11.0 Å². The summed E-state index contributed by atoms with van der Waals surface area (Å²) in [4.78, 5) is 28.9. The van der Waals surface area contributed by atoms with Crippen molar-refractivity contribution in [2.24, 2.45) is 0 Å².